The Bertz CT molecular complexity index is 967. The average molecular weight is 382 g/mol. The van der Waals surface area contributed by atoms with Crippen LogP contribution in [0, 0.1) is 17.0 Å². The molecule has 140 valence electrons. The second-order valence-electron chi connectivity index (χ2n) is 5.56. The van der Waals surface area contributed by atoms with Crippen molar-refractivity contribution in [3.05, 3.63) is 40.2 Å². The molecule has 1 atom stereocenters. The molecule has 0 saturated heterocycles. The van der Waals surface area contributed by atoms with Crippen molar-refractivity contribution in [3.8, 4) is 5.75 Å². The number of amides is 1. The fourth-order valence-electron chi connectivity index (χ4n) is 2.31. The minimum atomic E-state index is -3.51. The van der Waals surface area contributed by atoms with Gasteiger partial charge in [0.2, 0.25) is 5.91 Å². The summed E-state index contributed by atoms with van der Waals surface area (Å²) >= 11 is 0. The van der Waals surface area contributed by atoms with Crippen molar-refractivity contribution < 1.29 is 23.2 Å². The molecule has 1 aromatic carbocycles. The smallest absolute Gasteiger partial charge is 0.309 e. The molecule has 2 aromatic rings. The number of hydrogen-bond donors (Lipinski definition) is 2. The van der Waals surface area contributed by atoms with Crippen LogP contribution in [0.25, 0.3) is 0 Å². The highest BCUT2D eigenvalue weighted by atomic mass is 32.2. The molecule has 0 spiro atoms. The van der Waals surface area contributed by atoms with E-state index in [-0.39, 0.29) is 33.5 Å². The number of aromatic hydroxyl groups is 1. The zero-order chi connectivity index (χ0) is 19.6. The van der Waals surface area contributed by atoms with E-state index in [4.69, 9.17) is 0 Å². The van der Waals surface area contributed by atoms with E-state index in [0.717, 1.165) is 12.3 Å². The molecule has 0 fully saturated rings. The van der Waals surface area contributed by atoms with Crippen molar-refractivity contribution in [1.82, 2.24) is 9.78 Å². The topological polar surface area (TPSA) is 144 Å². The van der Waals surface area contributed by atoms with Gasteiger partial charge in [-0.3, -0.25) is 19.6 Å². The van der Waals surface area contributed by atoms with E-state index in [9.17, 15) is 28.4 Å². The van der Waals surface area contributed by atoms with E-state index in [1.54, 1.807) is 0 Å². The number of rotatable bonds is 6. The largest absolute Gasteiger partial charge is 0.506 e. The Morgan fingerprint density at radius 2 is 2.12 bits per heavy atom. The molecular formula is C15H18N4O6S. The zero-order valence-electron chi connectivity index (χ0n) is 14.3. The molecule has 10 nitrogen and oxygen atoms in total. The Kier molecular flexibility index (Phi) is 5.30. The van der Waals surface area contributed by atoms with Crippen molar-refractivity contribution in [2.45, 2.75) is 31.7 Å². The van der Waals surface area contributed by atoms with Crippen molar-refractivity contribution in [1.29, 1.82) is 0 Å². The molecule has 2 N–H and O–H groups in total. The van der Waals surface area contributed by atoms with Crippen LogP contribution in [0.3, 0.4) is 0 Å². The summed E-state index contributed by atoms with van der Waals surface area (Å²) in [6.45, 7) is 4.42. The van der Waals surface area contributed by atoms with Gasteiger partial charge < -0.3 is 10.4 Å². The van der Waals surface area contributed by atoms with Crippen LogP contribution >= 0.6 is 0 Å². The molecule has 1 unspecified atom stereocenters. The maximum atomic E-state index is 12.4. The average Bonchev–Trinajstić information content (AvgIpc) is 2.97. The predicted molar refractivity (Wildman–Crippen MR) is 92.8 cm³/mol. The molecule has 1 heterocycles. The van der Waals surface area contributed by atoms with Crippen LogP contribution in [-0.2, 0) is 14.6 Å². The van der Waals surface area contributed by atoms with Gasteiger partial charge in [-0.05, 0) is 32.0 Å². The monoisotopic (exact) mass is 382 g/mol. The van der Waals surface area contributed by atoms with Gasteiger partial charge in [-0.25, -0.2) is 8.42 Å². The number of nitrogens with one attached hydrogen (secondary N) is 1. The molecule has 1 aromatic heterocycles. The standard InChI is InChI=1S/C15H18N4O6S/c1-4-26(24,25)11-5-6-14(20)12(7-11)17-15(21)10(3)18-9(2)13(8-16-18)19(22)23/h5-8,10,20H,4H2,1-3H3,(H,17,21). The number of nitrogens with zero attached hydrogens (tertiary/aromatic N) is 3. The minimum absolute atomic E-state index is 0.0355. The maximum absolute atomic E-state index is 12.4. The lowest BCUT2D eigenvalue weighted by Crippen LogP contribution is -2.25. The van der Waals surface area contributed by atoms with Crippen molar-refractivity contribution in [2.24, 2.45) is 0 Å². The summed E-state index contributed by atoms with van der Waals surface area (Å²) in [5.41, 5.74) is -0.0941. The third-order valence-corrected chi connectivity index (χ3v) is 5.66. The molecule has 0 bridgehead atoms. The molecule has 0 aliphatic rings. The van der Waals surface area contributed by atoms with Gasteiger partial charge in [-0.15, -0.1) is 0 Å². The number of hydrogen-bond acceptors (Lipinski definition) is 7. The number of anilines is 1. The van der Waals surface area contributed by atoms with Crippen LogP contribution in [0.5, 0.6) is 5.75 Å². The van der Waals surface area contributed by atoms with Crippen LogP contribution < -0.4 is 5.32 Å². The molecule has 11 heteroatoms. The third-order valence-electron chi connectivity index (χ3n) is 3.93. The summed E-state index contributed by atoms with van der Waals surface area (Å²) in [5.74, 6) is -1.05. The van der Waals surface area contributed by atoms with Crippen LogP contribution in [0.1, 0.15) is 25.6 Å². The van der Waals surface area contributed by atoms with Crippen LogP contribution in [0.2, 0.25) is 0 Å². The molecule has 1 amide bonds. The van der Waals surface area contributed by atoms with Gasteiger partial charge in [-0.2, -0.15) is 5.10 Å². The lowest BCUT2D eigenvalue weighted by Gasteiger charge is -2.15. The minimum Gasteiger partial charge on any atom is -0.506 e. The first-order valence-corrected chi connectivity index (χ1v) is 9.28. The van der Waals surface area contributed by atoms with Gasteiger partial charge in [0.05, 0.1) is 21.3 Å². The summed E-state index contributed by atoms with van der Waals surface area (Å²) in [4.78, 5) is 22.7. The van der Waals surface area contributed by atoms with Crippen molar-refractivity contribution >= 4 is 27.1 Å². The number of carbonyl (C=O) groups is 1. The first-order valence-electron chi connectivity index (χ1n) is 7.63. The van der Waals surface area contributed by atoms with Crippen LogP contribution in [0.4, 0.5) is 11.4 Å². The summed E-state index contributed by atoms with van der Waals surface area (Å²) in [6.07, 6.45) is 1.05. The highest BCUT2D eigenvalue weighted by Crippen LogP contribution is 2.28. The van der Waals surface area contributed by atoms with E-state index in [2.05, 4.69) is 10.4 Å². The number of carbonyl (C=O) groups excluding carboxylic acids is 1. The fourth-order valence-corrected chi connectivity index (χ4v) is 3.21. The van der Waals surface area contributed by atoms with Gasteiger partial charge in [0.1, 0.15) is 23.7 Å². The number of sulfone groups is 1. The SMILES string of the molecule is CCS(=O)(=O)c1ccc(O)c(NC(=O)C(C)n2ncc([N+](=O)[O-])c2C)c1. The molecule has 0 radical (unpaired) electrons. The number of aromatic nitrogens is 2. The maximum Gasteiger partial charge on any atom is 0.309 e. The third kappa shape index (κ3) is 3.67. The van der Waals surface area contributed by atoms with E-state index in [1.807, 2.05) is 0 Å². The van der Waals surface area contributed by atoms with Gasteiger partial charge in [0.25, 0.3) is 0 Å². The van der Waals surface area contributed by atoms with Gasteiger partial charge in [0, 0.05) is 0 Å². The summed E-state index contributed by atoms with van der Waals surface area (Å²) in [5, 5.41) is 27.0. The normalized spacial score (nSPS) is 12.6. The Balaban J connectivity index is 2.30. The second kappa shape index (κ2) is 7.12. The second-order valence-corrected chi connectivity index (χ2v) is 7.84. The van der Waals surface area contributed by atoms with E-state index < -0.39 is 26.7 Å². The van der Waals surface area contributed by atoms with Crippen LogP contribution in [0.15, 0.2) is 29.3 Å². The highest BCUT2D eigenvalue weighted by molar-refractivity contribution is 7.91. The first-order chi connectivity index (χ1) is 12.1. The highest BCUT2D eigenvalue weighted by Gasteiger charge is 2.24. The number of phenolic OH excluding ortho intramolecular Hbond substituents is 1. The Labute approximate surface area is 149 Å². The number of nitro groups is 1. The summed E-state index contributed by atoms with van der Waals surface area (Å²) < 4.78 is 25.1. The van der Waals surface area contributed by atoms with Crippen molar-refractivity contribution in [2.75, 3.05) is 11.1 Å². The number of benzene rings is 1. The Hall–Kier alpha value is -2.95. The van der Waals surface area contributed by atoms with Crippen molar-refractivity contribution in [3.63, 3.8) is 0 Å². The lowest BCUT2D eigenvalue weighted by molar-refractivity contribution is -0.385. The molecular weight excluding hydrogens is 364 g/mol. The molecule has 0 saturated carbocycles. The molecule has 26 heavy (non-hydrogen) atoms. The Morgan fingerprint density at radius 3 is 2.65 bits per heavy atom. The number of phenols is 1. The van der Waals surface area contributed by atoms with E-state index in [0.29, 0.717) is 0 Å². The zero-order valence-corrected chi connectivity index (χ0v) is 15.1. The van der Waals surface area contributed by atoms with Gasteiger partial charge in [-0.1, -0.05) is 6.92 Å². The van der Waals surface area contributed by atoms with Crippen LogP contribution in [-0.4, -0.2) is 39.9 Å². The quantitative estimate of drug-likeness (QED) is 0.440. The van der Waals surface area contributed by atoms with Gasteiger partial charge in [0.15, 0.2) is 9.84 Å². The summed E-state index contributed by atoms with van der Waals surface area (Å²) in [7, 11) is -3.51. The fraction of sp³-hybridized carbons (Fsp3) is 0.333. The van der Waals surface area contributed by atoms with Gasteiger partial charge >= 0.3 is 5.69 Å². The molecule has 0 aliphatic heterocycles. The summed E-state index contributed by atoms with van der Waals surface area (Å²) in [6, 6.07) is 2.66. The Morgan fingerprint density at radius 1 is 1.46 bits per heavy atom. The predicted octanol–water partition coefficient (Wildman–Crippen LogP) is 1.80. The van der Waals surface area contributed by atoms with E-state index >= 15 is 0 Å². The lowest BCUT2D eigenvalue weighted by atomic mass is 10.2. The first kappa shape index (κ1) is 19.4. The molecule has 0 aliphatic carbocycles. The van der Waals surface area contributed by atoms with E-state index in [1.165, 1.54) is 37.6 Å². The molecule has 2 rings (SSSR count).